The van der Waals surface area contributed by atoms with E-state index < -0.39 is 0 Å². The third-order valence-electron chi connectivity index (χ3n) is 3.91. The van der Waals surface area contributed by atoms with Crippen molar-refractivity contribution in [1.82, 2.24) is 0 Å². The van der Waals surface area contributed by atoms with E-state index >= 15 is 0 Å². The molecule has 1 saturated heterocycles. The van der Waals surface area contributed by atoms with Gasteiger partial charge in [0, 0.05) is 11.4 Å². The summed E-state index contributed by atoms with van der Waals surface area (Å²) in [5.74, 6) is 0.621. The van der Waals surface area contributed by atoms with Gasteiger partial charge in [-0.25, -0.2) is 0 Å². The summed E-state index contributed by atoms with van der Waals surface area (Å²) in [6, 6.07) is 6.94. The van der Waals surface area contributed by atoms with Crippen LogP contribution in [0.4, 0.5) is 0 Å². The van der Waals surface area contributed by atoms with E-state index in [0.29, 0.717) is 10.7 Å². The van der Waals surface area contributed by atoms with E-state index in [1.54, 1.807) is 0 Å². The molecule has 1 aromatic carbocycles. The number of ether oxygens (including phenoxy) is 1. The lowest BCUT2D eigenvalue weighted by atomic mass is 9.89. The molecule has 2 atom stereocenters. The first-order valence-electron chi connectivity index (χ1n) is 7.09. The second-order valence-electron chi connectivity index (χ2n) is 5.12. The van der Waals surface area contributed by atoms with Crippen LogP contribution in [0.15, 0.2) is 18.2 Å². The zero-order valence-electron chi connectivity index (χ0n) is 11.4. The second kappa shape index (κ2) is 6.72. The summed E-state index contributed by atoms with van der Waals surface area (Å²) in [7, 11) is 0. The molecule has 0 radical (unpaired) electrons. The molecule has 0 saturated carbocycles. The van der Waals surface area contributed by atoms with Crippen molar-refractivity contribution in [3.05, 3.63) is 34.9 Å². The minimum Gasteiger partial charge on any atom is -0.381 e. The third-order valence-corrected chi connectivity index (χ3v) is 5.15. The molecule has 2 heteroatoms. The summed E-state index contributed by atoms with van der Waals surface area (Å²) in [5.41, 5.74) is 4.38. The summed E-state index contributed by atoms with van der Waals surface area (Å²) in [5, 5.41) is 0. The molecule has 1 aromatic rings. The highest BCUT2D eigenvalue weighted by Crippen LogP contribution is 2.38. The molecule has 1 heterocycles. The van der Waals surface area contributed by atoms with Crippen LogP contribution in [0.5, 0.6) is 0 Å². The topological polar surface area (TPSA) is 9.23 Å². The normalized spacial score (nSPS) is 21.8. The third kappa shape index (κ3) is 3.16. The predicted molar refractivity (Wildman–Crippen MR) is 80.4 cm³/mol. The SMILES string of the molecule is CCc1ccc(CC)c(C(Br)C2CCCOC2)c1. The van der Waals surface area contributed by atoms with E-state index in [9.17, 15) is 0 Å². The van der Waals surface area contributed by atoms with Crippen LogP contribution in [0.3, 0.4) is 0 Å². The Morgan fingerprint density at radius 3 is 2.78 bits per heavy atom. The second-order valence-corrected chi connectivity index (χ2v) is 6.11. The molecule has 0 aromatic heterocycles. The molecule has 0 spiro atoms. The van der Waals surface area contributed by atoms with Gasteiger partial charge >= 0.3 is 0 Å². The van der Waals surface area contributed by atoms with Gasteiger partial charge in [-0.2, -0.15) is 0 Å². The molecule has 2 rings (SSSR count). The zero-order chi connectivity index (χ0) is 13.0. The van der Waals surface area contributed by atoms with Crippen LogP contribution in [0.1, 0.15) is 48.2 Å². The largest absolute Gasteiger partial charge is 0.381 e. The van der Waals surface area contributed by atoms with Gasteiger partial charge in [-0.1, -0.05) is 48.0 Å². The Balaban J connectivity index is 2.23. The van der Waals surface area contributed by atoms with E-state index in [1.165, 1.54) is 29.5 Å². The van der Waals surface area contributed by atoms with Crippen molar-refractivity contribution in [1.29, 1.82) is 0 Å². The molecular weight excluding hydrogens is 288 g/mol. The fraction of sp³-hybridized carbons (Fsp3) is 0.625. The molecule has 1 fully saturated rings. The van der Waals surface area contributed by atoms with Crippen molar-refractivity contribution in [3.63, 3.8) is 0 Å². The van der Waals surface area contributed by atoms with Gasteiger partial charge in [0.15, 0.2) is 0 Å². The van der Waals surface area contributed by atoms with Gasteiger partial charge in [0.25, 0.3) is 0 Å². The van der Waals surface area contributed by atoms with Crippen LogP contribution < -0.4 is 0 Å². The van der Waals surface area contributed by atoms with Gasteiger partial charge in [-0.05, 0) is 48.3 Å². The molecule has 1 aliphatic heterocycles. The first kappa shape index (κ1) is 14.1. The fourth-order valence-corrected chi connectivity index (χ4v) is 3.54. The van der Waals surface area contributed by atoms with Gasteiger partial charge in [-0.3, -0.25) is 0 Å². The maximum atomic E-state index is 5.62. The van der Waals surface area contributed by atoms with Crippen LogP contribution in [-0.2, 0) is 17.6 Å². The van der Waals surface area contributed by atoms with Crippen LogP contribution in [0.25, 0.3) is 0 Å². The maximum Gasteiger partial charge on any atom is 0.0508 e. The molecule has 0 N–H and O–H groups in total. The average molecular weight is 311 g/mol. The average Bonchev–Trinajstić information content (AvgIpc) is 2.46. The van der Waals surface area contributed by atoms with E-state index in [-0.39, 0.29) is 0 Å². The Hall–Kier alpha value is -0.340. The monoisotopic (exact) mass is 310 g/mol. The Morgan fingerprint density at radius 1 is 1.33 bits per heavy atom. The zero-order valence-corrected chi connectivity index (χ0v) is 13.0. The number of halogens is 1. The number of hydrogen-bond donors (Lipinski definition) is 0. The number of benzene rings is 1. The van der Waals surface area contributed by atoms with Crippen molar-refractivity contribution in [2.75, 3.05) is 13.2 Å². The highest BCUT2D eigenvalue weighted by molar-refractivity contribution is 9.09. The molecule has 18 heavy (non-hydrogen) atoms. The lowest BCUT2D eigenvalue weighted by Gasteiger charge is -2.28. The van der Waals surface area contributed by atoms with Gasteiger partial charge in [0.1, 0.15) is 0 Å². The molecule has 0 amide bonds. The lowest BCUT2D eigenvalue weighted by molar-refractivity contribution is 0.0545. The summed E-state index contributed by atoms with van der Waals surface area (Å²) in [6.07, 6.45) is 4.68. The van der Waals surface area contributed by atoms with Crippen LogP contribution in [-0.4, -0.2) is 13.2 Å². The summed E-state index contributed by atoms with van der Waals surface area (Å²) >= 11 is 3.92. The first-order valence-corrected chi connectivity index (χ1v) is 8.01. The van der Waals surface area contributed by atoms with Gasteiger partial charge in [0.2, 0.25) is 0 Å². The van der Waals surface area contributed by atoms with Crippen molar-refractivity contribution in [3.8, 4) is 0 Å². The van der Waals surface area contributed by atoms with Gasteiger partial charge in [0.05, 0.1) is 6.61 Å². The van der Waals surface area contributed by atoms with E-state index in [2.05, 4.69) is 48.0 Å². The Kier molecular flexibility index (Phi) is 5.25. The summed E-state index contributed by atoms with van der Waals surface area (Å²) < 4.78 is 5.62. The standard InChI is InChI=1S/C16H23BrO/c1-3-12-7-8-13(4-2)15(10-12)16(17)14-6-5-9-18-11-14/h7-8,10,14,16H,3-6,9,11H2,1-2H3. The quantitative estimate of drug-likeness (QED) is 0.734. The van der Waals surface area contributed by atoms with E-state index in [4.69, 9.17) is 4.74 Å². The van der Waals surface area contributed by atoms with Gasteiger partial charge < -0.3 is 4.74 Å². The minimum atomic E-state index is 0.444. The van der Waals surface area contributed by atoms with Crippen LogP contribution in [0.2, 0.25) is 0 Å². The Labute approximate surface area is 119 Å². The van der Waals surface area contributed by atoms with Crippen LogP contribution in [0, 0.1) is 5.92 Å². The van der Waals surface area contributed by atoms with Crippen molar-refractivity contribution in [2.45, 2.75) is 44.4 Å². The molecular formula is C16H23BrO. The molecule has 1 nitrogen and oxygen atoms in total. The Bertz CT molecular complexity index is 383. The van der Waals surface area contributed by atoms with Crippen molar-refractivity contribution < 1.29 is 4.74 Å². The summed E-state index contributed by atoms with van der Waals surface area (Å²) in [6.45, 7) is 6.29. The highest BCUT2D eigenvalue weighted by atomic mass is 79.9. The van der Waals surface area contributed by atoms with Gasteiger partial charge in [-0.15, -0.1) is 0 Å². The lowest BCUT2D eigenvalue weighted by Crippen LogP contribution is -2.21. The minimum absolute atomic E-state index is 0.444. The molecule has 2 unspecified atom stereocenters. The number of rotatable bonds is 4. The fourth-order valence-electron chi connectivity index (χ4n) is 2.69. The molecule has 0 bridgehead atoms. The number of aryl methyl sites for hydroxylation is 2. The molecule has 1 aliphatic rings. The van der Waals surface area contributed by atoms with E-state index in [1.807, 2.05) is 0 Å². The highest BCUT2D eigenvalue weighted by Gasteiger charge is 2.25. The van der Waals surface area contributed by atoms with Crippen molar-refractivity contribution in [2.24, 2.45) is 5.92 Å². The molecule has 100 valence electrons. The maximum absolute atomic E-state index is 5.62. The molecule has 0 aliphatic carbocycles. The first-order chi connectivity index (χ1) is 8.76. The smallest absolute Gasteiger partial charge is 0.0508 e. The Morgan fingerprint density at radius 2 is 2.17 bits per heavy atom. The van der Waals surface area contributed by atoms with E-state index in [0.717, 1.165) is 26.1 Å². The predicted octanol–water partition coefficient (Wildman–Crippen LogP) is 4.67. The summed E-state index contributed by atoms with van der Waals surface area (Å²) in [4.78, 5) is 0.444. The number of alkyl halides is 1. The number of hydrogen-bond acceptors (Lipinski definition) is 1. The van der Waals surface area contributed by atoms with Crippen LogP contribution >= 0.6 is 15.9 Å². The van der Waals surface area contributed by atoms with Crippen molar-refractivity contribution >= 4 is 15.9 Å².